The van der Waals surface area contributed by atoms with E-state index >= 15 is 0 Å². The highest BCUT2D eigenvalue weighted by molar-refractivity contribution is 5.96. The summed E-state index contributed by atoms with van der Waals surface area (Å²) < 4.78 is 11.4. The van der Waals surface area contributed by atoms with Crippen molar-refractivity contribution in [2.45, 2.75) is 57.8 Å². The third-order valence-corrected chi connectivity index (χ3v) is 8.78. The molecule has 0 spiro atoms. The van der Waals surface area contributed by atoms with Crippen molar-refractivity contribution < 1.29 is 24.2 Å². The van der Waals surface area contributed by atoms with Gasteiger partial charge in [0.25, 0.3) is 0 Å². The number of ether oxygens (including phenoxy) is 2. The zero-order valence-electron chi connectivity index (χ0n) is 24.9. The molecule has 0 bridgehead atoms. The Morgan fingerprint density at radius 3 is 2.10 bits per heavy atom. The standard InChI is InChI=1S/C36H41NO5/c1-37(2)33(38)22-14-25-9-10-27-23-28(36(39)40)13-21-32(27)35(24-7-5-4-6-8-24)34(25)26-11-15-30(16-12-26)42-31-19-17-29(41-3)18-20-31/h11-13,15-21,23-25H,4-10,14,22H2,1-3H3,(H,39,40)/t25-/m0/s1. The number of hydrogen-bond donors (Lipinski definition) is 1. The Hall–Kier alpha value is -4.06. The molecule has 42 heavy (non-hydrogen) atoms. The molecule has 0 heterocycles. The number of benzene rings is 3. The molecule has 0 aromatic heterocycles. The first-order valence-corrected chi connectivity index (χ1v) is 15.1. The zero-order valence-corrected chi connectivity index (χ0v) is 24.9. The topological polar surface area (TPSA) is 76.1 Å². The minimum absolute atomic E-state index is 0.131. The van der Waals surface area contributed by atoms with E-state index in [-0.39, 0.29) is 11.8 Å². The number of aryl methyl sites for hydroxylation is 1. The van der Waals surface area contributed by atoms with E-state index in [0.29, 0.717) is 17.9 Å². The molecule has 0 unspecified atom stereocenters. The zero-order chi connectivity index (χ0) is 29.6. The van der Waals surface area contributed by atoms with Crippen molar-refractivity contribution in [1.82, 2.24) is 4.90 Å². The molecule has 1 saturated carbocycles. The molecule has 1 N–H and O–H groups in total. The highest BCUT2D eigenvalue weighted by Gasteiger charge is 2.32. The summed E-state index contributed by atoms with van der Waals surface area (Å²) in [6.45, 7) is 0. The summed E-state index contributed by atoms with van der Waals surface area (Å²) in [6.07, 6.45) is 8.79. The van der Waals surface area contributed by atoms with Crippen LogP contribution in [0.15, 0.2) is 66.7 Å². The van der Waals surface area contributed by atoms with E-state index in [1.807, 2.05) is 62.6 Å². The molecule has 0 aliphatic heterocycles. The molecule has 0 radical (unpaired) electrons. The Bertz CT molecular complexity index is 1430. The van der Waals surface area contributed by atoms with Crippen LogP contribution in [0.25, 0.3) is 11.1 Å². The second kappa shape index (κ2) is 13.3. The van der Waals surface area contributed by atoms with Crippen molar-refractivity contribution >= 4 is 23.0 Å². The van der Waals surface area contributed by atoms with Gasteiger partial charge in [-0.3, -0.25) is 4.79 Å². The number of fused-ring (bicyclic) bond motifs is 1. The Labute approximate surface area is 249 Å². The number of methoxy groups -OCH3 is 1. The molecule has 0 saturated heterocycles. The lowest BCUT2D eigenvalue weighted by molar-refractivity contribution is -0.128. The van der Waals surface area contributed by atoms with Gasteiger partial charge in [0, 0.05) is 20.5 Å². The minimum Gasteiger partial charge on any atom is -0.497 e. The first kappa shape index (κ1) is 29.4. The van der Waals surface area contributed by atoms with Crippen LogP contribution in [0.1, 0.15) is 78.4 Å². The van der Waals surface area contributed by atoms with Gasteiger partial charge in [0.1, 0.15) is 17.2 Å². The maximum atomic E-state index is 12.7. The molecule has 2 aliphatic rings. The summed E-state index contributed by atoms with van der Waals surface area (Å²) in [5.41, 5.74) is 6.43. The highest BCUT2D eigenvalue weighted by Crippen LogP contribution is 2.48. The summed E-state index contributed by atoms with van der Waals surface area (Å²) in [4.78, 5) is 26.3. The van der Waals surface area contributed by atoms with Crippen LogP contribution in [0.3, 0.4) is 0 Å². The maximum absolute atomic E-state index is 12.7. The average molecular weight is 568 g/mol. The molecule has 1 atom stereocenters. The van der Waals surface area contributed by atoms with Crippen LogP contribution >= 0.6 is 0 Å². The van der Waals surface area contributed by atoms with Crippen molar-refractivity contribution in [2.75, 3.05) is 21.2 Å². The minimum atomic E-state index is -0.897. The number of carbonyl (C=O) groups excluding carboxylic acids is 1. The first-order chi connectivity index (χ1) is 20.3. The number of nitrogens with zero attached hydrogens (tertiary/aromatic N) is 1. The van der Waals surface area contributed by atoms with Crippen LogP contribution in [-0.2, 0) is 11.2 Å². The van der Waals surface area contributed by atoms with Crippen molar-refractivity contribution in [1.29, 1.82) is 0 Å². The van der Waals surface area contributed by atoms with Crippen molar-refractivity contribution in [3.05, 3.63) is 89.0 Å². The van der Waals surface area contributed by atoms with Crippen LogP contribution in [0.5, 0.6) is 17.2 Å². The second-order valence-corrected chi connectivity index (χ2v) is 11.7. The van der Waals surface area contributed by atoms with Crippen molar-refractivity contribution in [2.24, 2.45) is 11.8 Å². The van der Waals surface area contributed by atoms with Gasteiger partial charge in [-0.1, -0.05) is 37.5 Å². The molecular weight excluding hydrogens is 526 g/mol. The van der Waals surface area contributed by atoms with Crippen LogP contribution in [0, 0.1) is 11.8 Å². The van der Waals surface area contributed by atoms with Gasteiger partial charge in [0.05, 0.1) is 12.7 Å². The molecular formula is C36H41NO5. The van der Waals surface area contributed by atoms with Gasteiger partial charge < -0.3 is 19.5 Å². The van der Waals surface area contributed by atoms with Crippen LogP contribution in [0.4, 0.5) is 0 Å². The summed E-state index contributed by atoms with van der Waals surface area (Å²) in [6, 6.07) is 21.5. The van der Waals surface area contributed by atoms with Gasteiger partial charge in [0.15, 0.2) is 0 Å². The highest BCUT2D eigenvalue weighted by atomic mass is 16.5. The first-order valence-electron chi connectivity index (χ1n) is 15.1. The molecule has 6 nitrogen and oxygen atoms in total. The van der Waals surface area contributed by atoms with Crippen molar-refractivity contribution in [3.63, 3.8) is 0 Å². The summed E-state index contributed by atoms with van der Waals surface area (Å²) in [5, 5.41) is 9.74. The third kappa shape index (κ3) is 6.70. The SMILES string of the molecule is COc1ccc(Oc2ccc(C3=C(C4CCCCC4)c4ccc(C(=O)O)cc4CC[C@H]3CCC(=O)N(C)C)cc2)cc1. The lowest BCUT2D eigenvalue weighted by Crippen LogP contribution is -2.22. The third-order valence-electron chi connectivity index (χ3n) is 8.78. The van der Waals surface area contributed by atoms with E-state index in [1.165, 1.54) is 36.0 Å². The summed E-state index contributed by atoms with van der Waals surface area (Å²) in [5.74, 6) is 2.09. The lowest BCUT2D eigenvalue weighted by Gasteiger charge is -2.30. The molecule has 3 aromatic rings. The number of amides is 1. The predicted molar refractivity (Wildman–Crippen MR) is 166 cm³/mol. The fourth-order valence-electron chi connectivity index (χ4n) is 6.55. The van der Waals surface area contributed by atoms with Gasteiger partial charge >= 0.3 is 5.97 Å². The second-order valence-electron chi connectivity index (χ2n) is 11.7. The number of rotatable bonds is 9. The fraction of sp³-hybridized carbons (Fsp3) is 0.389. The van der Waals surface area contributed by atoms with E-state index in [9.17, 15) is 14.7 Å². The van der Waals surface area contributed by atoms with Gasteiger partial charge in [-0.25, -0.2) is 4.79 Å². The van der Waals surface area contributed by atoms with Gasteiger partial charge in [0.2, 0.25) is 5.91 Å². The quantitative estimate of drug-likeness (QED) is 0.283. The number of carbonyl (C=O) groups is 2. The number of aromatic carboxylic acids is 1. The molecule has 6 heteroatoms. The molecule has 2 aliphatic carbocycles. The molecule has 220 valence electrons. The van der Waals surface area contributed by atoms with Gasteiger partial charge in [-0.2, -0.15) is 0 Å². The number of carboxylic acid groups (broad SMARTS) is 1. The van der Waals surface area contributed by atoms with Crippen molar-refractivity contribution in [3.8, 4) is 17.2 Å². The Kier molecular flexibility index (Phi) is 9.31. The van der Waals surface area contributed by atoms with Crippen LogP contribution in [-0.4, -0.2) is 43.1 Å². The predicted octanol–water partition coefficient (Wildman–Crippen LogP) is 8.11. The largest absolute Gasteiger partial charge is 0.497 e. The van der Waals surface area contributed by atoms with E-state index in [0.717, 1.165) is 60.5 Å². The monoisotopic (exact) mass is 567 g/mol. The Morgan fingerprint density at radius 1 is 0.833 bits per heavy atom. The van der Waals surface area contributed by atoms with Gasteiger partial charge in [-0.05, 0) is 120 Å². The van der Waals surface area contributed by atoms with Crippen LogP contribution < -0.4 is 9.47 Å². The lowest BCUT2D eigenvalue weighted by atomic mass is 9.74. The average Bonchev–Trinajstić information content (AvgIpc) is 3.17. The van der Waals surface area contributed by atoms with Gasteiger partial charge in [-0.15, -0.1) is 0 Å². The molecule has 3 aromatic carbocycles. The van der Waals surface area contributed by atoms with E-state index < -0.39 is 5.97 Å². The smallest absolute Gasteiger partial charge is 0.335 e. The Morgan fingerprint density at radius 2 is 1.48 bits per heavy atom. The van der Waals surface area contributed by atoms with E-state index in [2.05, 4.69) is 12.1 Å². The number of hydrogen-bond acceptors (Lipinski definition) is 4. The molecule has 1 fully saturated rings. The molecule has 1 amide bonds. The normalized spacial score (nSPS) is 17.3. The van der Waals surface area contributed by atoms with E-state index in [1.54, 1.807) is 18.1 Å². The summed E-state index contributed by atoms with van der Waals surface area (Å²) >= 11 is 0. The maximum Gasteiger partial charge on any atom is 0.335 e. The van der Waals surface area contributed by atoms with Crippen LogP contribution in [0.2, 0.25) is 0 Å². The van der Waals surface area contributed by atoms with E-state index in [4.69, 9.17) is 9.47 Å². The number of carboxylic acids is 1. The molecule has 5 rings (SSSR count). The summed E-state index contributed by atoms with van der Waals surface area (Å²) in [7, 11) is 5.26. The fourth-order valence-corrected chi connectivity index (χ4v) is 6.55. The number of allylic oxidation sites excluding steroid dienone is 2. The Balaban J connectivity index is 1.58.